The topological polar surface area (TPSA) is 37.3 Å². The second-order valence-corrected chi connectivity index (χ2v) is 9.55. The van der Waals surface area contributed by atoms with Crippen LogP contribution in [0, 0.1) is 5.82 Å². The molecule has 0 spiro atoms. The van der Waals surface area contributed by atoms with Crippen LogP contribution < -0.4 is 0 Å². The fourth-order valence-electron chi connectivity index (χ4n) is 2.01. The number of rotatable bonds is 6. The molecule has 0 saturated carbocycles. The van der Waals surface area contributed by atoms with E-state index in [0.29, 0.717) is 0 Å². The number of halogens is 2. The second-order valence-electron chi connectivity index (χ2n) is 4.61. The number of Topliss-reactive ketones (excluding diaryl/α,β-unsaturated/α-hetero) is 1. The maximum absolute atomic E-state index is 12.9. The van der Waals surface area contributed by atoms with Gasteiger partial charge in [-0.25, -0.2) is 0 Å². The molecule has 1 radical (unpaired) electrons. The molecule has 0 aliphatic carbocycles. The van der Waals surface area contributed by atoms with Crippen LogP contribution in [0.2, 0.25) is 0 Å². The van der Waals surface area contributed by atoms with Crippen LogP contribution in [0.3, 0.4) is 0 Å². The van der Waals surface area contributed by atoms with E-state index in [1.54, 1.807) is 12.1 Å². The predicted octanol–water partition coefficient (Wildman–Crippen LogP) is 3.09. The number of benzene rings is 1. The molecule has 1 atom stereocenters. The Morgan fingerprint density at radius 2 is 2.05 bits per heavy atom. The number of hydrogen-bond acceptors (Lipinski definition) is 2. The van der Waals surface area contributed by atoms with Gasteiger partial charge in [0.25, 0.3) is 0 Å². The standard InChI is InChI=1S/C15H14BrFO2.In/c1-11(5-3-2-4-10-18)15(19)14(16)12-6-8-13(17)9-7-12;/h1,5-9,14,18H,2,4,10H2;. The van der Waals surface area contributed by atoms with Gasteiger partial charge in [0.2, 0.25) is 0 Å². The fourth-order valence-corrected chi connectivity index (χ4v) is 6.30. The van der Waals surface area contributed by atoms with Gasteiger partial charge in [-0.05, 0) is 0 Å². The average molecular weight is 440 g/mol. The van der Waals surface area contributed by atoms with Crippen molar-refractivity contribution in [3.8, 4) is 0 Å². The van der Waals surface area contributed by atoms with Gasteiger partial charge in [0.05, 0.1) is 0 Å². The summed E-state index contributed by atoms with van der Waals surface area (Å²) in [5.74, 6) is -0.274. The third kappa shape index (κ3) is 4.06. The normalized spacial score (nSPS) is 15.3. The number of carbonyl (C=O) groups excluding carboxylic acids is 1. The van der Waals surface area contributed by atoms with Crippen molar-refractivity contribution in [2.45, 2.75) is 17.7 Å². The molecule has 0 saturated heterocycles. The quantitative estimate of drug-likeness (QED) is 0.691. The molecule has 103 valence electrons. The van der Waals surface area contributed by atoms with Crippen molar-refractivity contribution in [2.75, 3.05) is 6.61 Å². The van der Waals surface area contributed by atoms with Crippen molar-refractivity contribution in [3.05, 3.63) is 54.5 Å². The van der Waals surface area contributed by atoms with E-state index in [1.807, 2.05) is 6.08 Å². The molecule has 5 heteroatoms. The van der Waals surface area contributed by atoms with E-state index in [0.717, 1.165) is 24.0 Å². The van der Waals surface area contributed by atoms with Crippen LogP contribution in [0.4, 0.5) is 4.39 Å². The van der Waals surface area contributed by atoms with Crippen molar-refractivity contribution in [1.82, 2.24) is 0 Å². The molecule has 1 unspecified atom stereocenters. The Hall–Kier alpha value is -0.390. The number of hydrogen-bond donors (Lipinski definition) is 1. The summed E-state index contributed by atoms with van der Waals surface area (Å²) < 4.78 is 16.3. The first-order valence-electron chi connectivity index (χ1n) is 6.42. The van der Waals surface area contributed by atoms with Crippen LogP contribution in [0.25, 0.3) is 0 Å². The van der Waals surface area contributed by atoms with Gasteiger partial charge < -0.3 is 0 Å². The number of carbonyl (C=O) groups is 1. The van der Waals surface area contributed by atoms with Gasteiger partial charge in [0, 0.05) is 0 Å². The van der Waals surface area contributed by atoms with Gasteiger partial charge in [0.15, 0.2) is 0 Å². The molecule has 1 aliphatic heterocycles. The van der Waals surface area contributed by atoms with E-state index in [9.17, 15) is 9.18 Å². The zero-order chi connectivity index (χ0) is 14.5. The molecular formula is C15H14BrFInO2. The summed E-state index contributed by atoms with van der Waals surface area (Å²) in [6.45, 7) is 0.194. The molecular weight excluding hydrogens is 426 g/mol. The number of aliphatic hydroxyl groups excluding tert-OH is 1. The number of aliphatic hydroxyl groups is 1. The van der Waals surface area contributed by atoms with Gasteiger partial charge >= 0.3 is 138 Å². The van der Waals surface area contributed by atoms with Gasteiger partial charge in [-0.1, -0.05) is 0 Å². The first-order valence-corrected chi connectivity index (χ1v) is 10.9. The number of alkyl halides is 1. The van der Waals surface area contributed by atoms with Crippen LogP contribution in [0.1, 0.15) is 23.2 Å². The Bertz CT molecular complexity index is 551. The molecule has 2 rings (SSSR count). The maximum atomic E-state index is 12.9. The fraction of sp³-hybridized carbons (Fsp3) is 0.267. The van der Waals surface area contributed by atoms with Gasteiger partial charge in [-0.2, -0.15) is 0 Å². The molecule has 0 fully saturated rings. The van der Waals surface area contributed by atoms with E-state index >= 15 is 0 Å². The van der Waals surface area contributed by atoms with E-state index in [2.05, 4.69) is 19.8 Å². The van der Waals surface area contributed by atoms with E-state index in [4.69, 9.17) is 5.11 Å². The van der Waals surface area contributed by atoms with Crippen LogP contribution in [0.15, 0.2) is 43.1 Å². The monoisotopic (exact) mass is 439 g/mol. The Balaban J connectivity index is 2.04. The van der Waals surface area contributed by atoms with E-state index in [-0.39, 0.29) is 18.2 Å². The Labute approximate surface area is 137 Å². The zero-order valence-electron chi connectivity index (χ0n) is 10.9. The molecule has 20 heavy (non-hydrogen) atoms. The summed E-state index contributed by atoms with van der Waals surface area (Å²) in [5.41, 5.74) is 1.53. The van der Waals surface area contributed by atoms with Gasteiger partial charge in [0.1, 0.15) is 0 Å². The molecule has 1 aromatic rings. The zero-order valence-corrected chi connectivity index (χ0v) is 15.7. The van der Waals surface area contributed by atoms with Crippen molar-refractivity contribution in [2.24, 2.45) is 0 Å². The number of allylic oxidation sites excluding steroid dienone is 3. The Morgan fingerprint density at radius 1 is 1.35 bits per heavy atom. The first-order chi connectivity index (χ1) is 9.61. The Kier molecular flexibility index (Phi) is 6.05. The first kappa shape index (κ1) is 16.0. The third-order valence-electron chi connectivity index (χ3n) is 3.12. The summed E-state index contributed by atoms with van der Waals surface area (Å²) in [6, 6.07) is 5.97. The molecule has 0 bridgehead atoms. The van der Waals surface area contributed by atoms with Crippen molar-refractivity contribution in [1.29, 1.82) is 0 Å². The summed E-state index contributed by atoms with van der Waals surface area (Å²) in [6.07, 6.45) is 3.65. The van der Waals surface area contributed by atoms with Crippen LogP contribution >= 0.6 is 15.9 Å². The minimum absolute atomic E-state index is 0.0295. The van der Waals surface area contributed by atoms with Crippen molar-refractivity contribution >= 4 is 44.6 Å². The number of ketones is 1. The van der Waals surface area contributed by atoms with Gasteiger partial charge in [-0.3, -0.25) is 0 Å². The van der Waals surface area contributed by atoms with Gasteiger partial charge in [-0.15, -0.1) is 0 Å². The predicted molar refractivity (Wildman–Crippen MR) is 81.3 cm³/mol. The summed E-state index contributed by atoms with van der Waals surface area (Å²) in [5, 5.41) is 8.83. The SMILES string of the molecule is O=C(C1=[CH][In][C](CCCO)=C1)C(Br)c1ccc(F)cc1. The van der Waals surface area contributed by atoms with Crippen LogP contribution in [-0.4, -0.2) is 40.4 Å². The molecule has 0 aromatic heterocycles. The minimum atomic E-state index is -0.947. The molecule has 1 aliphatic rings. The average Bonchev–Trinajstić information content (AvgIpc) is 2.93. The molecule has 2 nitrogen and oxygen atoms in total. The van der Waals surface area contributed by atoms with E-state index < -0.39 is 27.7 Å². The molecule has 0 amide bonds. The van der Waals surface area contributed by atoms with E-state index in [1.165, 1.54) is 15.5 Å². The van der Waals surface area contributed by atoms with Crippen LogP contribution in [0.5, 0.6) is 0 Å². The second kappa shape index (κ2) is 7.57. The molecule has 1 heterocycles. The molecule has 1 aromatic carbocycles. The summed E-state index contributed by atoms with van der Waals surface area (Å²) in [4.78, 5) is 12.0. The van der Waals surface area contributed by atoms with Crippen molar-refractivity contribution < 1.29 is 14.3 Å². The summed E-state index contributed by atoms with van der Waals surface area (Å²) >= 11 is 2.45. The van der Waals surface area contributed by atoms with Crippen molar-refractivity contribution in [3.63, 3.8) is 0 Å². The third-order valence-corrected chi connectivity index (χ3v) is 8.09. The Morgan fingerprint density at radius 3 is 2.70 bits per heavy atom. The molecule has 1 N–H and O–H groups in total. The summed E-state index contributed by atoms with van der Waals surface area (Å²) in [7, 11) is 0. The van der Waals surface area contributed by atoms with Crippen LogP contribution in [-0.2, 0) is 4.79 Å².